The van der Waals surface area contributed by atoms with E-state index in [0.717, 1.165) is 30.4 Å². The quantitative estimate of drug-likeness (QED) is 0.771. The van der Waals surface area contributed by atoms with Crippen LogP contribution in [0.3, 0.4) is 0 Å². The molecule has 3 heteroatoms. The van der Waals surface area contributed by atoms with Crippen molar-refractivity contribution in [2.45, 2.75) is 38.4 Å². The number of benzene rings is 1. The molecule has 0 aliphatic carbocycles. The summed E-state index contributed by atoms with van der Waals surface area (Å²) in [7, 11) is 0. The lowest BCUT2D eigenvalue weighted by atomic mass is 10.1. The van der Waals surface area contributed by atoms with Crippen LogP contribution >= 0.6 is 15.9 Å². The molecule has 0 unspecified atom stereocenters. The summed E-state index contributed by atoms with van der Waals surface area (Å²) < 4.78 is 0. The summed E-state index contributed by atoms with van der Waals surface area (Å²) >= 11 is 3.50. The van der Waals surface area contributed by atoms with Gasteiger partial charge in [0.2, 0.25) is 0 Å². The van der Waals surface area contributed by atoms with E-state index < -0.39 is 0 Å². The van der Waals surface area contributed by atoms with Gasteiger partial charge in [0, 0.05) is 29.2 Å². The monoisotopic (exact) mass is 318 g/mol. The number of rotatable bonds is 5. The van der Waals surface area contributed by atoms with E-state index in [2.05, 4.69) is 59.0 Å². The van der Waals surface area contributed by atoms with Gasteiger partial charge >= 0.3 is 0 Å². The average molecular weight is 319 g/mol. The van der Waals surface area contributed by atoms with Gasteiger partial charge in [-0.2, -0.15) is 0 Å². The zero-order valence-electron chi connectivity index (χ0n) is 11.5. The van der Waals surface area contributed by atoms with Gasteiger partial charge in [0.15, 0.2) is 0 Å². The van der Waals surface area contributed by atoms with Crippen molar-refractivity contribution in [3.05, 3.63) is 58.7 Å². The predicted octanol–water partition coefficient (Wildman–Crippen LogP) is 4.22. The maximum Gasteiger partial charge on any atom is 0.132 e. The molecular weight excluding hydrogens is 300 g/mol. The Labute approximate surface area is 123 Å². The molecule has 0 bridgehead atoms. The third-order valence-electron chi connectivity index (χ3n) is 3.08. The smallest absolute Gasteiger partial charge is 0.132 e. The predicted molar refractivity (Wildman–Crippen MR) is 82.6 cm³/mol. The van der Waals surface area contributed by atoms with E-state index in [1.54, 1.807) is 0 Å². The van der Waals surface area contributed by atoms with Crippen LogP contribution < -0.4 is 0 Å². The van der Waals surface area contributed by atoms with Gasteiger partial charge in [0.1, 0.15) is 5.82 Å². The molecule has 1 aromatic carbocycles. The van der Waals surface area contributed by atoms with E-state index in [4.69, 9.17) is 4.98 Å². The molecule has 0 aliphatic rings. The zero-order chi connectivity index (χ0) is 13.7. The van der Waals surface area contributed by atoms with Gasteiger partial charge in [0.05, 0.1) is 0 Å². The maximum absolute atomic E-state index is 4.72. The van der Waals surface area contributed by atoms with E-state index in [-0.39, 0.29) is 0 Å². The van der Waals surface area contributed by atoms with Crippen LogP contribution in [-0.4, -0.2) is 9.97 Å². The van der Waals surface area contributed by atoms with Crippen LogP contribution in [0.2, 0.25) is 0 Å². The van der Waals surface area contributed by atoms with E-state index in [1.807, 2.05) is 6.20 Å². The molecule has 2 aromatic rings. The lowest BCUT2D eigenvalue weighted by Crippen LogP contribution is -2.04. The number of nitrogens with zero attached hydrogens (tertiary/aromatic N) is 2. The van der Waals surface area contributed by atoms with Gasteiger partial charge in [0.25, 0.3) is 0 Å². The van der Waals surface area contributed by atoms with Crippen molar-refractivity contribution < 1.29 is 0 Å². The molecule has 0 radical (unpaired) electrons. The molecule has 1 heterocycles. The van der Waals surface area contributed by atoms with Gasteiger partial charge in [-0.25, -0.2) is 9.97 Å². The van der Waals surface area contributed by atoms with Crippen LogP contribution in [0.15, 0.2) is 30.5 Å². The van der Waals surface area contributed by atoms with Crippen molar-refractivity contribution in [1.29, 1.82) is 0 Å². The molecule has 100 valence electrons. The first kappa shape index (κ1) is 14.2. The Hall–Kier alpha value is -1.22. The summed E-state index contributed by atoms with van der Waals surface area (Å²) in [5.74, 6) is 0.916. The Morgan fingerprint density at radius 1 is 1.26 bits per heavy atom. The van der Waals surface area contributed by atoms with Gasteiger partial charge in [-0.3, -0.25) is 0 Å². The summed E-state index contributed by atoms with van der Waals surface area (Å²) in [6.07, 6.45) is 4.89. The fraction of sp³-hybridized carbons (Fsp3) is 0.375. The second-order valence-electron chi connectivity index (χ2n) is 4.81. The molecule has 0 amide bonds. The molecule has 0 N–H and O–H groups in total. The van der Waals surface area contributed by atoms with Gasteiger partial charge in [-0.1, -0.05) is 59.1 Å². The van der Waals surface area contributed by atoms with E-state index in [1.165, 1.54) is 22.4 Å². The highest BCUT2D eigenvalue weighted by atomic mass is 79.9. The molecule has 2 rings (SSSR count). The lowest BCUT2D eigenvalue weighted by molar-refractivity contribution is 0.826. The van der Waals surface area contributed by atoms with Crippen LogP contribution in [0.1, 0.15) is 41.6 Å². The minimum absolute atomic E-state index is 0.807. The Balaban J connectivity index is 2.23. The number of halogens is 1. The molecule has 0 fully saturated rings. The molecule has 0 spiro atoms. The third kappa shape index (κ3) is 3.87. The van der Waals surface area contributed by atoms with Crippen LogP contribution in [0.5, 0.6) is 0 Å². The number of hydrogen-bond acceptors (Lipinski definition) is 2. The summed E-state index contributed by atoms with van der Waals surface area (Å²) in [5.41, 5.74) is 4.93. The Morgan fingerprint density at radius 3 is 2.79 bits per heavy atom. The number of alkyl halides is 1. The van der Waals surface area contributed by atoms with Crippen molar-refractivity contribution in [2.75, 3.05) is 0 Å². The standard InChI is InChI=1S/C16H19BrN2/c1-3-5-15-14(10-17)11-18-16(19-15)9-13-7-4-6-12(2)8-13/h4,6-8,11H,3,5,9-10H2,1-2H3. The summed E-state index contributed by atoms with van der Waals surface area (Å²) in [6.45, 7) is 4.29. The zero-order valence-corrected chi connectivity index (χ0v) is 13.1. The molecule has 19 heavy (non-hydrogen) atoms. The van der Waals surface area contributed by atoms with Crippen LogP contribution in [0.25, 0.3) is 0 Å². The highest BCUT2D eigenvalue weighted by Gasteiger charge is 2.06. The van der Waals surface area contributed by atoms with Crippen LogP contribution in [0.4, 0.5) is 0 Å². The second-order valence-corrected chi connectivity index (χ2v) is 5.37. The Kier molecular flexibility index (Phi) is 5.08. The summed E-state index contributed by atoms with van der Waals surface area (Å²) in [4.78, 5) is 9.19. The lowest BCUT2D eigenvalue weighted by Gasteiger charge is -2.08. The topological polar surface area (TPSA) is 25.8 Å². The molecule has 0 aliphatic heterocycles. The molecule has 0 atom stereocenters. The van der Waals surface area contributed by atoms with Gasteiger partial charge in [-0.05, 0) is 18.9 Å². The largest absolute Gasteiger partial charge is 0.241 e. The van der Waals surface area contributed by atoms with Crippen molar-refractivity contribution in [3.8, 4) is 0 Å². The number of aryl methyl sites for hydroxylation is 2. The minimum Gasteiger partial charge on any atom is -0.241 e. The van der Waals surface area contributed by atoms with Crippen LogP contribution in [-0.2, 0) is 18.2 Å². The van der Waals surface area contributed by atoms with E-state index in [0.29, 0.717) is 0 Å². The average Bonchev–Trinajstić information content (AvgIpc) is 2.39. The van der Waals surface area contributed by atoms with E-state index in [9.17, 15) is 0 Å². The fourth-order valence-electron chi connectivity index (χ4n) is 2.14. The van der Waals surface area contributed by atoms with Crippen molar-refractivity contribution >= 4 is 15.9 Å². The molecule has 1 aromatic heterocycles. The Morgan fingerprint density at radius 2 is 2.11 bits per heavy atom. The third-order valence-corrected chi connectivity index (χ3v) is 3.68. The number of aromatic nitrogens is 2. The highest BCUT2D eigenvalue weighted by Crippen LogP contribution is 2.14. The summed E-state index contributed by atoms with van der Waals surface area (Å²) in [6, 6.07) is 8.53. The SMILES string of the molecule is CCCc1nc(Cc2cccc(C)c2)ncc1CBr. The summed E-state index contributed by atoms with van der Waals surface area (Å²) in [5, 5.41) is 0.826. The van der Waals surface area contributed by atoms with Gasteiger partial charge in [-0.15, -0.1) is 0 Å². The van der Waals surface area contributed by atoms with Crippen LogP contribution in [0, 0.1) is 6.92 Å². The molecule has 0 saturated carbocycles. The Bertz CT molecular complexity index is 552. The molecule has 0 saturated heterocycles. The van der Waals surface area contributed by atoms with E-state index >= 15 is 0 Å². The normalized spacial score (nSPS) is 10.7. The molecular formula is C16H19BrN2. The van der Waals surface area contributed by atoms with Gasteiger partial charge < -0.3 is 0 Å². The first-order chi connectivity index (χ1) is 9.22. The van der Waals surface area contributed by atoms with Crippen molar-refractivity contribution in [1.82, 2.24) is 9.97 Å². The maximum atomic E-state index is 4.72. The fourth-order valence-corrected chi connectivity index (χ4v) is 2.61. The minimum atomic E-state index is 0.807. The van der Waals surface area contributed by atoms with Crippen molar-refractivity contribution in [2.24, 2.45) is 0 Å². The number of hydrogen-bond donors (Lipinski definition) is 0. The second kappa shape index (κ2) is 6.80. The highest BCUT2D eigenvalue weighted by molar-refractivity contribution is 9.08. The van der Waals surface area contributed by atoms with Crippen molar-refractivity contribution in [3.63, 3.8) is 0 Å². The first-order valence-corrected chi connectivity index (χ1v) is 7.80. The first-order valence-electron chi connectivity index (χ1n) is 6.68. The molecule has 2 nitrogen and oxygen atoms in total.